The van der Waals surface area contributed by atoms with E-state index in [-0.39, 0.29) is 24.7 Å². The average Bonchev–Trinajstić information content (AvgIpc) is 3.73. The molecule has 1 atom stereocenters. The molecule has 0 spiro atoms. The van der Waals surface area contributed by atoms with Crippen LogP contribution in [0.2, 0.25) is 0 Å². The number of carbonyl (C=O) groups excluding carboxylic acids is 2. The van der Waals surface area contributed by atoms with Crippen LogP contribution in [0, 0.1) is 0 Å². The van der Waals surface area contributed by atoms with Crippen LogP contribution in [-0.2, 0) is 23.8 Å². The maximum absolute atomic E-state index is 13.7. The third kappa shape index (κ3) is 4.34. The molecule has 2 aromatic heterocycles. The van der Waals surface area contributed by atoms with Crippen molar-refractivity contribution < 1.29 is 27.9 Å². The SMILES string of the molecule is C=CC(=O)N1CCc2nn(-c3ccc(C4CC4)cc3O)c3c2C(C1)N(C(=O)c1nnc(C(F)(F)F)cc1N)CC3. The molecule has 1 aliphatic carbocycles. The predicted molar refractivity (Wildman–Crippen MR) is 137 cm³/mol. The van der Waals surface area contributed by atoms with Gasteiger partial charge in [0, 0.05) is 38.0 Å². The van der Waals surface area contributed by atoms with E-state index in [0.29, 0.717) is 42.8 Å². The normalized spacial score (nSPS) is 18.7. The topological polar surface area (TPSA) is 130 Å². The number of hydrogen-bond donors (Lipinski definition) is 2. The molecular formula is C27H26F3N7O3. The van der Waals surface area contributed by atoms with E-state index >= 15 is 0 Å². The number of halogens is 3. The molecule has 208 valence electrons. The summed E-state index contributed by atoms with van der Waals surface area (Å²) in [6.45, 7) is 4.16. The van der Waals surface area contributed by atoms with Gasteiger partial charge in [0.05, 0.1) is 23.1 Å². The number of rotatable bonds is 4. The Morgan fingerprint density at radius 3 is 2.55 bits per heavy atom. The van der Waals surface area contributed by atoms with E-state index in [0.717, 1.165) is 29.7 Å². The number of nitrogen functional groups attached to an aromatic ring is 1. The minimum atomic E-state index is -4.76. The maximum atomic E-state index is 13.7. The van der Waals surface area contributed by atoms with Crippen LogP contribution < -0.4 is 5.73 Å². The van der Waals surface area contributed by atoms with E-state index in [1.807, 2.05) is 12.1 Å². The van der Waals surface area contributed by atoms with Gasteiger partial charge in [0.1, 0.15) is 11.4 Å². The fraction of sp³-hybridized carbons (Fsp3) is 0.370. The van der Waals surface area contributed by atoms with Crippen LogP contribution in [0.25, 0.3) is 5.69 Å². The summed E-state index contributed by atoms with van der Waals surface area (Å²) in [4.78, 5) is 29.3. The first-order chi connectivity index (χ1) is 19.1. The molecule has 3 aromatic rings. The van der Waals surface area contributed by atoms with Crippen LogP contribution in [0.3, 0.4) is 0 Å². The molecule has 1 fully saturated rings. The molecule has 3 aliphatic rings. The van der Waals surface area contributed by atoms with Gasteiger partial charge in [-0.05, 0) is 48.6 Å². The number of amides is 2. The molecule has 0 radical (unpaired) electrons. The van der Waals surface area contributed by atoms with E-state index in [1.165, 1.54) is 11.0 Å². The molecule has 4 heterocycles. The van der Waals surface area contributed by atoms with Gasteiger partial charge >= 0.3 is 6.18 Å². The lowest BCUT2D eigenvalue weighted by Gasteiger charge is -2.37. The van der Waals surface area contributed by atoms with Crippen LogP contribution in [0.4, 0.5) is 18.9 Å². The number of benzene rings is 1. The quantitative estimate of drug-likeness (QED) is 0.475. The van der Waals surface area contributed by atoms with Gasteiger partial charge in [-0.1, -0.05) is 12.6 Å². The van der Waals surface area contributed by atoms with Gasteiger partial charge < -0.3 is 20.6 Å². The summed E-state index contributed by atoms with van der Waals surface area (Å²) in [5, 5.41) is 22.4. The van der Waals surface area contributed by atoms with E-state index in [9.17, 15) is 27.9 Å². The highest BCUT2D eigenvalue weighted by molar-refractivity contribution is 5.97. The second kappa shape index (κ2) is 9.35. The molecule has 6 rings (SSSR count). The van der Waals surface area contributed by atoms with Crippen molar-refractivity contribution in [2.24, 2.45) is 0 Å². The number of anilines is 1. The first kappa shape index (κ1) is 25.8. The zero-order valence-corrected chi connectivity index (χ0v) is 21.4. The largest absolute Gasteiger partial charge is 0.506 e. The lowest BCUT2D eigenvalue weighted by atomic mass is 9.95. The summed E-state index contributed by atoms with van der Waals surface area (Å²) in [6.07, 6.45) is -0.632. The minimum Gasteiger partial charge on any atom is -0.506 e. The van der Waals surface area contributed by atoms with Crippen molar-refractivity contribution in [3.8, 4) is 11.4 Å². The summed E-state index contributed by atoms with van der Waals surface area (Å²) in [7, 11) is 0. The van der Waals surface area contributed by atoms with Gasteiger partial charge in [-0.2, -0.15) is 18.3 Å². The zero-order valence-electron chi connectivity index (χ0n) is 21.4. The van der Waals surface area contributed by atoms with Crippen molar-refractivity contribution in [1.29, 1.82) is 0 Å². The standard InChI is InChI=1S/C27H26F3N7O3/c1-2-23(39)35-9-7-17-24-19(37(34-17)18-6-5-15(11-21(18)38)14-3-4-14)8-10-36(20(24)13-35)26(40)25-16(31)12-22(32-33-25)27(28,29)30/h2,5-6,11-12,14,20,38H,1,3-4,7-10,13H2,(H2,31,32). The number of phenols is 1. The Kier molecular flexibility index (Phi) is 6.04. The molecule has 13 heteroatoms. The lowest BCUT2D eigenvalue weighted by molar-refractivity contribution is -0.141. The molecule has 3 N–H and O–H groups in total. The van der Waals surface area contributed by atoms with Crippen LogP contribution in [0.1, 0.15) is 63.5 Å². The van der Waals surface area contributed by atoms with Crippen molar-refractivity contribution >= 4 is 17.5 Å². The summed E-state index contributed by atoms with van der Waals surface area (Å²) in [5.74, 6) is -0.451. The summed E-state index contributed by atoms with van der Waals surface area (Å²) >= 11 is 0. The average molecular weight is 554 g/mol. The van der Waals surface area contributed by atoms with Gasteiger partial charge in [-0.25, -0.2) is 4.68 Å². The Hall–Kier alpha value is -4.42. The molecule has 2 aliphatic heterocycles. The highest BCUT2D eigenvalue weighted by Crippen LogP contribution is 2.43. The highest BCUT2D eigenvalue weighted by atomic mass is 19.4. The van der Waals surface area contributed by atoms with Gasteiger partial charge in [0.25, 0.3) is 5.91 Å². The molecule has 2 amide bonds. The lowest BCUT2D eigenvalue weighted by Crippen LogP contribution is -2.46. The third-order valence-corrected chi connectivity index (χ3v) is 7.75. The van der Waals surface area contributed by atoms with Crippen LogP contribution in [0.5, 0.6) is 5.75 Å². The minimum absolute atomic E-state index is 0.102. The molecule has 40 heavy (non-hydrogen) atoms. The number of phenolic OH excluding ortho intramolecular Hbond substituents is 1. The molecule has 0 saturated heterocycles. The zero-order chi connectivity index (χ0) is 28.3. The summed E-state index contributed by atoms with van der Waals surface area (Å²) < 4.78 is 41.0. The van der Waals surface area contributed by atoms with Crippen molar-refractivity contribution in [2.45, 2.75) is 43.8 Å². The number of hydrogen-bond acceptors (Lipinski definition) is 7. The molecule has 10 nitrogen and oxygen atoms in total. The van der Waals surface area contributed by atoms with E-state index in [2.05, 4.69) is 16.8 Å². The van der Waals surface area contributed by atoms with Crippen LogP contribution in [-0.4, -0.2) is 66.3 Å². The number of aromatic nitrogens is 4. The number of carbonyl (C=O) groups is 2. The molecule has 0 bridgehead atoms. The van der Waals surface area contributed by atoms with Gasteiger partial charge in [0.15, 0.2) is 11.4 Å². The monoisotopic (exact) mass is 553 g/mol. The fourth-order valence-electron chi connectivity index (χ4n) is 5.60. The smallest absolute Gasteiger partial charge is 0.435 e. The summed E-state index contributed by atoms with van der Waals surface area (Å²) in [6, 6.07) is 5.50. The second-order valence-electron chi connectivity index (χ2n) is 10.3. The molecule has 1 unspecified atom stereocenters. The summed E-state index contributed by atoms with van der Waals surface area (Å²) in [5.41, 5.74) is 7.49. The Balaban J connectivity index is 1.41. The van der Waals surface area contributed by atoms with Gasteiger partial charge in [-0.3, -0.25) is 9.59 Å². The number of alkyl halides is 3. The van der Waals surface area contributed by atoms with E-state index in [1.54, 1.807) is 15.6 Å². The first-order valence-corrected chi connectivity index (χ1v) is 12.9. The predicted octanol–water partition coefficient (Wildman–Crippen LogP) is 3.16. The molecule has 1 saturated carbocycles. The number of aromatic hydroxyl groups is 1. The Morgan fingerprint density at radius 1 is 1.12 bits per heavy atom. The van der Waals surface area contributed by atoms with Crippen LogP contribution in [0.15, 0.2) is 36.9 Å². The number of nitrogens with zero attached hydrogens (tertiary/aromatic N) is 6. The molecule has 1 aromatic carbocycles. The third-order valence-electron chi connectivity index (χ3n) is 7.75. The Morgan fingerprint density at radius 2 is 1.90 bits per heavy atom. The van der Waals surface area contributed by atoms with Gasteiger partial charge in [-0.15, -0.1) is 10.2 Å². The maximum Gasteiger partial charge on any atom is 0.435 e. The van der Waals surface area contributed by atoms with Gasteiger partial charge in [0.2, 0.25) is 5.91 Å². The molecular weight excluding hydrogens is 527 g/mol. The van der Waals surface area contributed by atoms with Crippen molar-refractivity contribution in [1.82, 2.24) is 29.8 Å². The van der Waals surface area contributed by atoms with E-state index < -0.39 is 35.2 Å². The van der Waals surface area contributed by atoms with Crippen molar-refractivity contribution in [3.63, 3.8) is 0 Å². The first-order valence-electron chi connectivity index (χ1n) is 12.9. The van der Waals surface area contributed by atoms with Crippen molar-refractivity contribution in [2.75, 3.05) is 25.4 Å². The Bertz CT molecular complexity index is 1550. The number of nitrogens with two attached hydrogens (primary N) is 1. The highest BCUT2D eigenvalue weighted by Gasteiger charge is 2.42. The second-order valence-corrected chi connectivity index (χ2v) is 10.3. The Labute approximate surface area is 226 Å². The van der Waals surface area contributed by atoms with Crippen LogP contribution >= 0.6 is 0 Å². The fourth-order valence-corrected chi connectivity index (χ4v) is 5.60. The van der Waals surface area contributed by atoms with Crippen molar-refractivity contribution in [3.05, 3.63) is 70.8 Å². The van der Waals surface area contributed by atoms with E-state index in [4.69, 9.17) is 10.8 Å².